The molecule has 0 radical (unpaired) electrons. The third kappa shape index (κ3) is 4.96. The van der Waals surface area contributed by atoms with Crippen LogP contribution in [-0.2, 0) is 4.79 Å². The molecule has 0 amide bonds. The number of aliphatic carboxylic acids is 1. The molecule has 1 aliphatic heterocycles. The van der Waals surface area contributed by atoms with Crippen molar-refractivity contribution in [2.75, 3.05) is 18.1 Å². The highest BCUT2D eigenvalue weighted by Crippen LogP contribution is 2.46. The molecular weight excluding hydrogens is 368 g/mol. The summed E-state index contributed by atoms with van der Waals surface area (Å²) in [5, 5.41) is 20.0. The summed E-state index contributed by atoms with van der Waals surface area (Å²) in [7, 11) is 0. The van der Waals surface area contributed by atoms with Crippen LogP contribution in [0.3, 0.4) is 0 Å². The van der Waals surface area contributed by atoms with Gasteiger partial charge in [-0.25, -0.2) is 4.79 Å². The van der Waals surface area contributed by atoms with Gasteiger partial charge in [-0.05, 0) is 41.2 Å². The second-order valence-electron chi connectivity index (χ2n) is 6.10. The van der Waals surface area contributed by atoms with Gasteiger partial charge in [0, 0.05) is 5.92 Å². The van der Waals surface area contributed by atoms with Gasteiger partial charge in [-0.2, -0.15) is 0 Å². The van der Waals surface area contributed by atoms with Gasteiger partial charge in [0.1, 0.15) is 5.75 Å². The van der Waals surface area contributed by atoms with Gasteiger partial charge in [-0.3, -0.25) is 0 Å². The standard InChI is InChI=1S/C20H22O4S2/c21-17(22)13-24-16-9-4-8-15(12-16)19(23)18(14-6-2-1-3-7-14)20-25-10-5-11-26-20/h1-4,6-9,12,18-20,23H,5,10-11,13H2,(H,21,22). The normalized spacial score (nSPS) is 17.4. The Morgan fingerprint density at radius 2 is 1.77 bits per heavy atom. The minimum Gasteiger partial charge on any atom is -0.482 e. The van der Waals surface area contributed by atoms with Crippen LogP contribution in [0.1, 0.15) is 29.6 Å². The number of carboxylic acids is 1. The van der Waals surface area contributed by atoms with Gasteiger partial charge in [0.15, 0.2) is 6.61 Å². The van der Waals surface area contributed by atoms with Gasteiger partial charge in [0.05, 0.1) is 10.7 Å². The van der Waals surface area contributed by atoms with Crippen molar-refractivity contribution in [2.45, 2.75) is 23.0 Å². The highest BCUT2D eigenvalue weighted by molar-refractivity contribution is 8.17. The first-order chi connectivity index (χ1) is 12.6. The number of ether oxygens (including phenoxy) is 1. The van der Waals surface area contributed by atoms with Gasteiger partial charge >= 0.3 is 5.97 Å². The molecule has 2 aromatic rings. The Morgan fingerprint density at radius 3 is 2.46 bits per heavy atom. The second-order valence-corrected chi connectivity index (χ2v) is 8.90. The van der Waals surface area contributed by atoms with E-state index in [9.17, 15) is 9.90 Å². The van der Waals surface area contributed by atoms with E-state index in [4.69, 9.17) is 9.84 Å². The smallest absolute Gasteiger partial charge is 0.341 e. The summed E-state index contributed by atoms with van der Waals surface area (Å²) in [6, 6.07) is 17.2. The van der Waals surface area contributed by atoms with Crippen LogP contribution in [0.25, 0.3) is 0 Å². The van der Waals surface area contributed by atoms with E-state index in [-0.39, 0.29) is 10.5 Å². The molecule has 1 saturated heterocycles. The van der Waals surface area contributed by atoms with E-state index in [1.165, 1.54) is 6.42 Å². The number of hydrogen-bond acceptors (Lipinski definition) is 5. The Labute approximate surface area is 162 Å². The number of thioether (sulfide) groups is 2. The molecule has 1 fully saturated rings. The second kappa shape index (κ2) is 9.35. The fourth-order valence-electron chi connectivity index (χ4n) is 3.02. The molecule has 6 heteroatoms. The quantitative estimate of drug-likeness (QED) is 0.740. The molecule has 1 aliphatic rings. The van der Waals surface area contributed by atoms with Crippen LogP contribution >= 0.6 is 23.5 Å². The minimum absolute atomic E-state index is 0.0405. The predicted octanol–water partition coefficient (Wildman–Crippen LogP) is 4.16. The van der Waals surface area contributed by atoms with Crippen LogP contribution in [-0.4, -0.2) is 38.9 Å². The average molecular weight is 391 g/mol. The first kappa shape index (κ1) is 19.1. The predicted molar refractivity (Wildman–Crippen MR) is 107 cm³/mol. The molecule has 0 aliphatic carbocycles. The lowest BCUT2D eigenvalue weighted by molar-refractivity contribution is -0.139. The van der Waals surface area contributed by atoms with E-state index in [0.717, 1.165) is 22.6 Å². The molecule has 138 valence electrons. The average Bonchev–Trinajstić information content (AvgIpc) is 2.68. The highest BCUT2D eigenvalue weighted by atomic mass is 32.2. The fraction of sp³-hybridized carbons (Fsp3) is 0.350. The summed E-state index contributed by atoms with van der Waals surface area (Å²) >= 11 is 3.80. The topological polar surface area (TPSA) is 66.8 Å². The SMILES string of the molecule is O=C(O)COc1cccc(C(O)C(c2ccccc2)C2SCCCS2)c1. The zero-order valence-electron chi connectivity index (χ0n) is 14.3. The van der Waals surface area contributed by atoms with Gasteiger partial charge in [0.2, 0.25) is 0 Å². The zero-order valence-corrected chi connectivity index (χ0v) is 15.9. The maximum absolute atomic E-state index is 11.2. The first-order valence-corrected chi connectivity index (χ1v) is 10.7. The summed E-state index contributed by atoms with van der Waals surface area (Å²) < 4.78 is 5.55. The Morgan fingerprint density at radius 1 is 1.08 bits per heavy atom. The van der Waals surface area contributed by atoms with Gasteiger partial charge in [-0.15, -0.1) is 23.5 Å². The van der Waals surface area contributed by atoms with Gasteiger partial charge in [0.25, 0.3) is 0 Å². The van der Waals surface area contributed by atoms with Crippen molar-refractivity contribution in [3.8, 4) is 5.75 Å². The number of aliphatic hydroxyl groups is 1. The maximum Gasteiger partial charge on any atom is 0.341 e. The molecular formula is C20H22O4S2. The maximum atomic E-state index is 11.2. The largest absolute Gasteiger partial charge is 0.482 e. The number of hydrogen-bond donors (Lipinski definition) is 2. The van der Waals surface area contributed by atoms with Crippen LogP contribution < -0.4 is 4.74 Å². The Balaban J connectivity index is 1.86. The van der Waals surface area contributed by atoms with E-state index in [2.05, 4.69) is 12.1 Å². The number of carboxylic acid groups (broad SMARTS) is 1. The van der Waals surface area contributed by atoms with Crippen LogP contribution in [0, 0.1) is 0 Å². The molecule has 0 spiro atoms. The van der Waals surface area contributed by atoms with Crippen molar-refractivity contribution in [2.24, 2.45) is 0 Å². The van der Waals surface area contributed by atoms with Crippen LogP contribution in [0.2, 0.25) is 0 Å². The monoisotopic (exact) mass is 390 g/mol. The molecule has 1 heterocycles. The molecule has 0 saturated carbocycles. The third-order valence-electron chi connectivity index (χ3n) is 4.23. The van der Waals surface area contributed by atoms with Crippen molar-refractivity contribution < 1.29 is 19.7 Å². The van der Waals surface area contributed by atoms with Gasteiger partial charge < -0.3 is 14.9 Å². The molecule has 2 aromatic carbocycles. The molecule has 2 N–H and O–H groups in total. The summed E-state index contributed by atoms with van der Waals surface area (Å²) in [5.41, 5.74) is 1.86. The van der Waals surface area contributed by atoms with Crippen LogP contribution in [0.5, 0.6) is 5.75 Å². The Bertz CT molecular complexity index is 717. The lowest BCUT2D eigenvalue weighted by atomic mass is 9.90. The summed E-state index contributed by atoms with van der Waals surface area (Å²) in [5.74, 6) is 1.61. The fourth-order valence-corrected chi connectivity index (χ4v) is 6.28. The lowest BCUT2D eigenvalue weighted by Crippen LogP contribution is -2.23. The zero-order chi connectivity index (χ0) is 18.4. The molecule has 2 atom stereocenters. The van der Waals surface area contributed by atoms with E-state index in [0.29, 0.717) is 5.75 Å². The van der Waals surface area contributed by atoms with Crippen LogP contribution in [0.4, 0.5) is 0 Å². The van der Waals surface area contributed by atoms with Crippen molar-refractivity contribution in [1.82, 2.24) is 0 Å². The number of aliphatic hydroxyl groups excluding tert-OH is 1. The lowest BCUT2D eigenvalue weighted by Gasteiger charge is -2.33. The van der Waals surface area contributed by atoms with Crippen molar-refractivity contribution in [1.29, 1.82) is 0 Å². The van der Waals surface area contributed by atoms with Crippen LogP contribution in [0.15, 0.2) is 54.6 Å². The molecule has 0 aromatic heterocycles. The molecule has 4 nitrogen and oxygen atoms in total. The third-order valence-corrected chi connectivity index (χ3v) is 7.34. The molecule has 3 rings (SSSR count). The minimum atomic E-state index is -1.02. The number of carbonyl (C=O) groups is 1. The number of rotatable bonds is 7. The summed E-state index contributed by atoms with van der Waals surface area (Å²) in [6.45, 7) is -0.393. The van der Waals surface area contributed by atoms with Gasteiger partial charge in [-0.1, -0.05) is 42.5 Å². The van der Waals surface area contributed by atoms with Crippen molar-refractivity contribution in [3.63, 3.8) is 0 Å². The molecule has 26 heavy (non-hydrogen) atoms. The van der Waals surface area contributed by atoms with E-state index in [1.807, 2.05) is 47.8 Å². The van der Waals surface area contributed by atoms with E-state index < -0.39 is 18.7 Å². The Kier molecular flexibility index (Phi) is 6.88. The van der Waals surface area contributed by atoms with E-state index in [1.54, 1.807) is 18.2 Å². The number of benzene rings is 2. The van der Waals surface area contributed by atoms with Crippen molar-refractivity contribution in [3.05, 3.63) is 65.7 Å². The Hall–Kier alpha value is -1.63. The highest BCUT2D eigenvalue weighted by Gasteiger charge is 2.33. The first-order valence-electron chi connectivity index (χ1n) is 8.56. The van der Waals surface area contributed by atoms with Crippen molar-refractivity contribution >= 4 is 29.5 Å². The molecule has 2 unspecified atom stereocenters. The summed E-state index contributed by atoms with van der Waals surface area (Å²) in [4.78, 5) is 10.7. The van der Waals surface area contributed by atoms with E-state index >= 15 is 0 Å². The summed E-state index contributed by atoms with van der Waals surface area (Å²) in [6.07, 6.45) is 0.510. The molecule has 0 bridgehead atoms.